The Morgan fingerprint density at radius 2 is 1.43 bits per heavy atom. The number of hydrogen-bond acceptors (Lipinski definition) is 1. The molecule has 23 heavy (non-hydrogen) atoms. The van der Waals surface area contributed by atoms with Crippen molar-refractivity contribution in [1.29, 1.82) is 0 Å². The predicted octanol–water partition coefficient (Wildman–Crippen LogP) is 6.27. The van der Waals surface area contributed by atoms with Crippen molar-refractivity contribution < 1.29 is 4.43 Å². The van der Waals surface area contributed by atoms with E-state index in [1.54, 1.807) is 0 Å². The van der Waals surface area contributed by atoms with Gasteiger partial charge >= 0.3 is 0 Å². The van der Waals surface area contributed by atoms with Gasteiger partial charge in [0.25, 0.3) is 0 Å². The molecule has 0 aliphatic rings. The Hall–Kier alpha value is -1.64. The van der Waals surface area contributed by atoms with Crippen LogP contribution in [0.3, 0.4) is 0 Å². The molecule has 0 atom stereocenters. The smallest absolute Gasteiger partial charge is 0.192 e. The molecule has 0 saturated heterocycles. The third-order valence-corrected chi connectivity index (χ3v) is 9.31. The van der Waals surface area contributed by atoms with Crippen molar-refractivity contribution in [2.75, 3.05) is 0 Å². The second kappa shape index (κ2) is 6.86. The lowest BCUT2D eigenvalue weighted by Crippen LogP contribution is -2.40. The molecule has 0 heterocycles. The van der Waals surface area contributed by atoms with Gasteiger partial charge in [-0.1, -0.05) is 81.9 Å². The molecule has 2 aromatic carbocycles. The van der Waals surface area contributed by atoms with E-state index in [2.05, 4.69) is 76.8 Å². The standard InChI is InChI=1S/C21H28OSi/c1-17(19-10-8-7-9-11-19)20-14-12-18(13-15-20)16-22-23(5,6)21(2,3)4/h7-15H,1,16H2,2-6H3. The molecule has 0 aliphatic heterocycles. The van der Waals surface area contributed by atoms with Gasteiger partial charge in [-0.3, -0.25) is 0 Å². The average Bonchev–Trinajstić information content (AvgIpc) is 2.52. The monoisotopic (exact) mass is 324 g/mol. The van der Waals surface area contributed by atoms with Gasteiger partial charge in [0.2, 0.25) is 0 Å². The zero-order valence-electron chi connectivity index (χ0n) is 15.0. The van der Waals surface area contributed by atoms with Gasteiger partial charge in [0, 0.05) is 0 Å². The third-order valence-electron chi connectivity index (χ3n) is 4.83. The third kappa shape index (κ3) is 4.43. The molecule has 0 aliphatic carbocycles. The molecule has 0 saturated carbocycles. The first-order chi connectivity index (χ1) is 10.7. The van der Waals surface area contributed by atoms with Gasteiger partial charge in [-0.25, -0.2) is 0 Å². The van der Waals surface area contributed by atoms with Gasteiger partial charge in [-0.15, -0.1) is 0 Å². The molecule has 2 aromatic rings. The Balaban J connectivity index is 2.04. The SMILES string of the molecule is C=C(c1ccccc1)c1ccc(CO[Si](C)(C)C(C)(C)C)cc1. The second-order valence-corrected chi connectivity index (χ2v) is 12.4. The molecular weight excluding hydrogens is 296 g/mol. The van der Waals surface area contributed by atoms with Crippen LogP contribution in [-0.2, 0) is 11.0 Å². The van der Waals surface area contributed by atoms with Gasteiger partial charge < -0.3 is 4.43 Å². The molecule has 2 rings (SSSR count). The molecule has 0 bridgehead atoms. The Kier molecular flexibility index (Phi) is 5.28. The highest BCUT2D eigenvalue weighted by Crippen LogP contribution is 2.37. The topological polar surface area (TPSA) is 9.23 Å². The van der Waals surface area contributed by atoms with Crippen molar-refractivity contribution >= 4 is 13.9 Å². The fraction of sp³-hybridized carbons (Fsp3) is 0.333. The van der Waals surface area contributed by atoms with Crippen LogP contribution in [0.25, 0.3) is 5.57 Å². The highest BCUT2D eigenvalue weighted by atomic mass is 28.4. The minimum Gasteiger partial charge on any atom is -0.413 e. The van der Waals surface area contributed by atoms with Crippen LogP contribution in [-0.4, -0.2) is 8.32 Å². The minimum atomic E-state index is -1.69. The summed E-state index contributed by atoms with van der Waals surface area (Å²) in [7, 11) is -1.69. The van der Waals surface area contributed by atoms with Gasteiger partial charge in [-0.05, 0) is 40.4 Å². The van der Waals surface area contributed by atoms with E-state index in [1.807, 2.05) is 18.2 Å². The Morgan fingerprint density at radius 1 is 0.913 bits per heavy atom. The highest BCUT2D eigenvalue weighted by molar-refractivity contribution is 6.74. The van der Waals surface area contributed by atoms with E-state index in [0.717, 1.165) is 16.7 Å². The molecule has 0 spiro atoms. The molecule has 0 radical (unpaired) electrons. The van der Waals surface area contributed by atoms with Crippen LogP contribution in [0.2, 0.25) is 18.1 Å². The van der Waals surface area contributed by atoms with E-state index < -0.39 is 8.32 Å². The summed E-state index contributed by atoms with van der Waals surface area (Å²) in [5.41, 5.74) is 4.60. The lowest BCUT2D eigenvalue weighted by molar-refractivity contribution is 0.276. The highest BCUT2D eigenvalue weighted by Gasteiger charge is 2.36. The van der Waals surface area contributed by atoms with Gasteiger partial charge in [-0.2, -0.15) is 0 Å². The Labute approximate surface area is 142 Å². The van der Waals surface area contributed by atoms with E-state index in [1.165, 1.54) is 5.56 Å². The normalized spacial score (nSPS) is 12.2. The zero-order chi connectivity index (χ0) is 17.1. The molecule has 0 N–H and O–H groups in total. The van der Waals surface area contributed by atoms with Crippen LogP contribution in [0.5, 0.6) is 0 Å². The molecule has 0 fully saturated rings. The van der Waals surface area contributed by atoms with Crippen LogP contribution in [0.4, 0.5) is 0 Å². The van der Waals surface area contributed by atoms with Crippen LogP contribution < -0.4 is 0 Å². The van der Waals surface area contributed by atoms with Crippen molar-refractivity contribution in [2.24, 2.45) is 0 Å². The maximum absolute atomic E-state index is 6.28. The minimum absolute atomic E-state index is 0.245. The Bertz CT molecular complexity index is 648. The summed E-state index contributed by atoms with van der Waals surface area (Å²) in [5.74, 6) is 0. The quantitative estimate of drug-likeness (QED) is 0.589. The first-order valence-corrected chi connectivity index (χ1v) is 11.1. The first kappa shape index (κ1) is 17.7. The molecule has 1 nitrogen and oxygen atoms in total. The summed E-state index contributed by atoms with van der Waals surface area (Å²) >= 11 is 0. The molecule has 0 aromatic heterocycles. The zero-order valence-corrected chi connectivity index (χ0v) is 16.0. The summed E-state index contributed by atoms with van der Waals surface area (Å²) in [5, 5.41) is 0.245. The number of rotatable bonds is 5. The van der Waals surface area contributed by atoms with Crippen molar-refractivity contribution in [1.82, 2.24) is 0 Å². The van der Waals surface area contributed by atoms with Crippen molar-refractivity contribution in [3.05, 3.63) is 77.9 Å². The molecule has 2 heteroatoms. The maximum atomic E-state index is 6.28. The largest absolute Gasteiger partial charge is 0.413 e. The average molecular weight is 325 g/mol. The number of hydrogen-bond donors (Lipinski definition) is 0. The predicted molar refractivity (Wildman–Crippen MR) is 103 cm³/mol. The van der Waals surface area contributed by atoms with Gasteiger partial charge in [0.05, 0.1) is 6.61 Å². The summed E-state index contributed by atoms with van der Waals surface area (Å²) in [6.07, 6.45) is 0. The van der Waals surface area contributed by atoms with Gasteiger partial charge in [0.1, 0.15) is 0 Å². The van der Waals surface area contributed by atoms with Crippen molar-refractivity contribution in [2.45, 2.75) is 45.5 Å². The van der Waals surface area contributed by atoms with Crippen LogP contribution >= 0.6 is 0 Å². The molecule has 0 unspecified atom stereocenters. The van der Waals surface area contributed by atoms with Crippen molar-refractivity contribution in [3.8, 4) is 0 Å². The van der Waals surface area contributed by atoms with Crippen LogP contribution in [0.15, 0.2) is 61.2 Å². The fourth-order valence-electron chi connectivity index (χ4n) is 2.09. The van der Waals surface area contributed by atoms with E-state index in [9.17, 15) is 0 Å². The number of benzene rings is 2. The Morgan fingerprint density at radius 3 is 1.96 bits per heavy atom. The maximum Gasteiger partial charge on any atom is 0.192 e. The molecular formula is C21H28OSi. The van der Waals surface area contributed by atoms with E-state index in [0.29, 0.717) is 6.61 Å². The lowest BCUT2D eigenvalue weighted by Gasteiger charge is -2.36. The first-order valence-electron chi connectivity index (χ1n) is 8.18. The van der Waals surface area contributed by atoms with Crippen LogP contribution in [0.1, 0.15) is 37.5 Å². The molecule has 122 valence electrons. The summed E-state index contributed by atoms with van der Waals surface area (Å²) in [4.78, 5) is 0. The van der Waals surface area contributed by atoms with Crippen molar-refractivity contribution in [3.63, 3.8) is 0 Å². The molecule has 0 amide bonds. The van der Waals surface area contributed by atoms with E-state index in [4.69, 9.17) is 4.43 Å². The van der Waals surface area contributed by atoms with Crippen LogP contribution in [0, 0.1) is 0 Å². The van der Waals surface area contributed by atoms with Gasteiger partial charge in [0.15, 0.2) is 8.32 Å². The fourth-order valence-corrected chi connectivity index (χ4v) is 3.05. The summed E-state index contributed by atoms with van der Waals surface area (Å²) in [6, 6.07) is 18.9. The van der Waals surface area contributed by atoms with E-state index in [-0.39, 0.29) is 5.04 Å². The van der Waals surface area contributed by atoms with E-state index >= 15 is 0 Å². The second-order valence-electron chi connectivity index (χ2n) is 7.59. The summed E-state index contributed by atoms with van der Waals surface area (Å²) in [6.45, 7) is 16.3. The lowest BCUT2D eigenvalue weighted by atomic mass is 9.99. The summed E-state index contributed by atoms with van der Waals surface area (Å²) < 4.78 is 6.28.